The van der Waals surface area contributed by atoms with E-state index < -0.39 is 10.0 Å². The van der Waals surface area contributed by atoms with Crippen molar-refractivity contribution in [2.75, 3.05) is 0 Å². The second-order valence-electron chi connectivity index (χ2n) is 3.60. The van der Waals surface area contributed by atoms with E-state index in [1.165, 1.54) is 12.3 Å². The third kappa shape index (κ3) is 2.32. The van der Waals surface area contributed by atoms with Crippen molar-refractivity contribution < 1.29 is 8.42 Å². The van der Waals surface area contributed by atoms with E-state index in [1.807, 2.05) is 0 Å². The van der Waals surface area contributed by atoms with Gasteiger partial charge in [-0.3, -0.25) is 5.10 Å². The summed E-state index contributed by atoms with van der Waals surface area (Å²) in [6.07, 6.45) is 4.02. The molecule has 0 radical (unpaired) electrons. The molecule has 5 nitrogen and oxygen atoms in total. The summed E-state index contributed by atoms with van der Waals surface area (Å²) >= 11 is 5.99. The average Bonchev–Trinajstić information content (AvgIpc) is 2.77. The van der Waals surface area contributed by atoms with Crippen molar-refractivity contribution in [3.8, 4) is 0 Å². The molecular weight excluding hydrogens is 238 g/mol. The lowest BCUT2D eigenvalue weighted by Gasteiger charge is -2.14. The molecule has 0 amide bonds. The van der Waals surface area contributed by atoms with E-state index in [1.54, 1.807) is 0 Å². The predicted molar refractivity (Wildman–Crippen MR) is 56.2 cm³/mol. The molecule has 2 unspecified atom stereocenters. The monoisotopic (exact) mass is 249 g/mol. The highest BCUT2D eigenvalue weighted by molar-refractivity contribution is 7.89. The Balaban J connectivity index is 2.11. The Labute approximate surface area is 93.3 Å². The number of aromatic nitrogens is 2. The zero-order valence-electron chi connectivity index (χ0n) is 7.98. The molecule has 0 saturated heterocycles. The maximum Gasteiger partial charge on any atom is 0.257 e. The third-order valence-electron chi connectivity index (χ3n) is 2.50. The largest absolute Gasteiger partial charge is 0.266 e. The van der Waals surface area contributed by atoms with Crippen molar-refractivity contribution in [2.24, 2.45) is 0 Å². The van der Waals surface area contributed by atoms with Crippen LogP contribution >= 0.6 is 11.6 Å². The highest BCUT2D eigenvalue weighted by Gasteiger charge is 2.30. The van der Waals surface area contributed by atoms with Crippen molar-refractivity contribution in [3.63, 3.8) is 0 Å². The number of nitrogens with zero attached hydrogens (tertiary/aromatic N) is 1. The van der Waals surface area contributed by atoms with Crippen LogP contribution in [0.3, 0.4) is 0 Å². The van der Waals surface area contributed by atoms with Gasteiger partial charge in [-0.15, -0.1) is 11.6 Å². The van der Waals surface area contributed by atoms with Gasteiger partial charge >= 0.3 is 0 Å². The minimum Gasteiger partial charge on any atom is -0.266 e. The molecule has 2 N–H and O–H groups in total. The summed E-state index contributed by atoms with van der Waals surface area (Å²) in [7, 11) is -3.49. The van der Waals surface area contributed by atoms with Crippen LogP contribution in [0.5, 0.6) is 0 Å². The summed E-state index contributed by atoms with van der Waals surface area (Å²) in [5.41, 5.74) is 0. The number of sulfonamides is 1. The molecular formula is C8H12ClN3O2S. The summed E-state index contributed by atoms with van der Waals surface area (Å²) in [6.45, 7) is 0. The first-order valence-corrected chi connectivity index (χ1v) is 6.67. The zero-order chi connectivity index (χ0) is 10.9. The van der Waals surface area contributed by atoms with Gasteiger partial charge in [0.05, 0.1) is 6.20 Å². The van der Waals surface area contributed by atoms with E-state index in [9.17, 15) is 8.42 Å². The Morgan fingerprint density at radius 1 is 1.53 bits per heavy atom. The highest BCUT2D eigenvalue weighted by Crippen LogP contribution is 2.25. The maximum atomic E-state index is 11.8. The van der Waals surface area contributed by atoms with E-state index in [0.717, 1.165) is 19.3 Å². The molecule has 1 aromatic rings. The van der Waals surface area contributed by atoms with Gasteiger partial charge in [0.25, 0.3) is 10.0 Å². The van der Waals surface area contributed by atoms with Crippen LogP contribution in [0.1, 0.15) is 19.3 Å². The fourth-order valence-corrected chi connectivity index (χ4v) is 3.34. The van der Waals surface area contributed by atoms with Crippen LogP contribution in [0.4, 0.5) is 0 Å². The molecule has 1 fully saturated rings. The molecule has 1 heterocycles. The van der Waals surface area contributed by atoms with Gasteiger partial charge in [0, 0.05) is 11.4 Å². The first kappa shape index (κ1) is 10.9. The van der Waals surface area contributed by atoms with Gasteiger partial charge in [-0.25, -0.2) is 13.1 Å². The second kappa shape index (κ2) is 4.11. The van der Waals surface area contributed by atoms with Crippen molar-refractivity contribution >= 4 is 21.6 Å². The number of hydrogen-bond donors (Lipinski definition) is 2. The lowest BCUT2D eigenvalue weighted by atomic mass is 10.3. The topological polar surface area (TPSA) is 74.8 Å². The first-order valence-electron chi connectivity index (χ1n) is 4.75. The molecule has 1 aliphatic rings. The van der Waals surface area contributed by atoms with E-state index >= 15 is 0 Å². The maximum absolute atomic E-state index is 11.8. The third-order valence-corrected chi connectivity index (χ3v) is 4.44. The first-order chi connectivity index (χ1) is 7.09. The molecule has 1 aromatic heterocycles. The zero-order valence-corrected chi connectivity index (χ0v) is 9.55. The second-order valence-corrected chi connectivity index (χ2v) is 5.84. The van der Waals surface area contributed by atoms with Crippen molar-refractivity contribution in [3.05, 3.63) is 12.3 Å². The van der Waals surface area contributed by atoms with Crippen LogP contribution in [0.2, 0.25) is 0 Å². The molecule has 1 aliphatic carbocycles. The average molecular weight is 250 g/mol. The highest BCUT2D eigenvalue weighted by atomic mass is 35.5. The number of aromatic amines is 1. The molecule has 1 saturated carbocycles. The Morgan fingerprint density at radius 3 is 2.87 bits per heavy atom. The SMILES string of the molecule is O=S(=O)(NC1CCCC1Cl)c1ccn[nH]1. The quantitative estimate of drug-likeness (QED) is 0.780. The fourth-order valence-electron chi connectivity index (χ4n) is 1.70. The number of rotatable bonds is 3. The number of H-pyrrole nitrogens is 1. The van der Waals surface area contributed by atoms with Crippen LogP contribution in [0.15, 0.2) is 17.3 Å². The number of hydrogen-bond acceptors (Lipinski definition) is 3. The van der Waals surface area contributed by atoms with E-state index in [-0.39, 0.29) is 16.4 Å². The van der Waals surface area contributed by atoms with Gasteiger partial charge in [0.2, 0.25) is 0 Å². The number of nitrogens with one attached hydrogen (secondary N) is 2. The van der Waals surface area contributed by atoms with E-state index in [4.69, 9.17) is 11.6 Å². The van der Waals surface area contributed by atoms with Crippen LogP contribution in [-0.2, 0) is 10.0 Å². The van der Waals surface area contributed by atoms with Gasteiger partial charge in [0.15, 0.2) is 5.03 Å². The molecule has 0 aromatic carbocycles. The van der Waals surface area contributed by atoms with Crippen LogP contribution in [-0.4, -0.2) is 30.0 Å². The molecule has 2 rings (SSSR count). The summed E-state index contributed by atoms with van der Waals surface area (Å²) < 4.78 is 26.1. The van der Waals surface area contributed by atoms with Crippen molar-refractivity contribution in [1.82, 2.24) is 14.9 Å². The Bertz CT molecular complexity index is 417. The van der Waals surface area contributed by atoms with Gasteiger partial charge in [-0.1, -0.05) is 6.42 Å². The Kier molecular flexibility index (Phi) is 2.99. The molecule has 7 heteroatoms. The lowest BCUT2D eigenvalue weighted by molar-refractivity contribution is 0.550. The number of alkyl halides is 1. The standard InChI is InChI=1S/C8H12ClN3O2S/c9-6-2-1-3-7(6)12-15(13,14)8-4-5-10-11-8/h4-7,12H,1-3H2,(H,10,11). The van der Waals surface area contributed by atoms with E-state index in [0.29, 0.717) is 0 Å². The summed E-state index contributed by atoms with van der Waals surface area (Å²) in [5, 5.41) is 6.00. The van der Waals surface area contributed by atoms with Gasteiger partial charge in [-0.2, -0.15) is 5.10 Å². The van der Waals surface area contributed by atoms with Crippen LogP contribution in [0.25, 0.3) is 0 Å². The molecule has 84 valence electrons. The number of halogens is 1. The summed E-state index contributed by atoms with van der Waals surface area (Å²) in [6, 6.07) is 1.25. The fraction of sp³-hybridized carbons (Fsp3) is 0.625. The molecule has 0 spiro atoms. The predicted octanol–water partition coefficient (Wildman–Crippen LogP) is 0.848. The molecule has 15 heavy (non-hydrogen) atoms. The normalized spacial score (nSPS) is 27.0. The van der Waals surface area contributed by atoms with E-state index in [2.05, 4.69) is 14.9 Å². The van der Waals surface area contributed by atoms with Crippen molar-refractivity contribution in [2.45, 2.75) is 35.7 Å². The lowest BCUT2D eigenvalue weighted by Crippen LogP contribution is -2.37. The Morgan fingerprint density at radius 2 is 2.33 bits per heavy atom. The summed E-state index contributed by atoms with van der Waals surface area (Å²) in [4.78, 5) is 0. The minimum atomic E-state index is -3.49. The van der Waals surface area contributed by atoms with Crippen LogP contribution in [0, 0.1) is 0 Å². The molecule has 2 atom stereocenters. The van der Waals surface area contributed by atoms with Crippen molar-refractivity contribution in [1.29, 1.82) is 0 Å². The Hall–Kier alpha value is -0.590. The summed E-state index contributed by atoms with van der Waals surface area (Å²) in [5.74, 6) is 0. The van der Waals surface area contributed by atoms with Crippen LogP contribution < -0.4 is 4.72 Å². The van der Waals surface area contributed by atoms with Gasteiger partial charge < -0.3 is 0 Å². The van der Waals surface area contributed by atoms with Gasteiger partial charge in [-0.05, 0) is 18.9 Å². The molecule has 0 aliphatic heterocycles. The van der Waals surface area contributed by atoms with Gasteiger partial charge in [0.1, 0.15) is 0 Å². The smallest absolute Gasteiger partial charge is 0.257 e. The molecule has 0 bridgehead atoms. The minimum absolute atomic E-state index is 0.0817.